The Morgan fingerprint density at radius 2 is 1.83 bits per heavy atom. The fraction of sp³-hybridized carbons (Fsp3) is 0.556. The van der Waals surface area contributed by atoms with Crippen LogP contribution in [0.3, 0.4) is 0 Å². The first kappa shape index (κ1) is 15.8. The number of fused-ring (bicyclic) bond motifs is 1. The third-order valence-electron chi connectivity index (χ3n) is 5.64. The maximum atomic E-state index is 11.4. The second-order valence-electron chi connectivity index (χ2n) is 6.98. The zero-order valence-electron chi connectivity index (χ0n) is 13.6. The van der Waals surface area contributed by atoms with Crippen LogP contribution < -0.4 is 0 Å². The molecule has 2 atom stereocenters. The molecular formula is C18H22ClN3O2. The molecule has 0 aromatic heterocycles. The smallest absolute Gasteiger partial charge is 0.407 e. The van der Waals surface area contributed by atoms with Gasteiger partial charge < -0.3 is 10.0 Å². The van der Waals surface area contributed by atoms with Gasteiger partial charge in [0.05, 0.1) is 11.8 Å². The van der Waals surface area contributed by atoms with E-state index in [2.05, 4.69) is 5.01 Å². The highest BCUT2D eigenvalue weighted by molar-refractivity contribution is 6.30. The van der Waals surface area contributed by atoms with Gasteiger partial charge in [-0.15, -0.1) is 0 Å². The maximum absolute atomic E-state index is 11.4. The topological polar surface area (TPSA) is 56.1 Å². The molecule has 1 N–H and O–H groups in total. The zero-order chi connectivity index (χ0) is 16.7. The lowest BCUT2D eigenvalue weighted by atomic mass is 9.85. The van der Waals surface area contributed by atoms with E-state index in [4.69, 9.17) is 16.7 Å². The number of carbonyl (C=O) groups is 1. The quantitative estimate of drug-likeness (QED) is 0.888. The fourth-order valence-electron chi connectivity index (χ4n) is 4.08. The second-order valence-corrected chi connectivity index (χ2v) is 7.41. The minimum absolute atomic E-state index is 0.302. The van der Waals surface area contributed by atoms with E-state index in [0.717, 1.165) is 29.1 Å². The van der Waals surface area contributed by atoms with Crippen LogP contribution in [0.4, 0.5) is 4.79 Å². The number of nitrogens with zero attached hydrogens (tertiary/aromatic N) is 3. The van der Waals surface area contributed by atoms with Gasteiger partial charge in [0.2, 0.25) is 0 Å². The summed E-state index contributed by atoms with van der Waals surface area (Å²) >= 11 is 6.02. The number of hydrogen-bond donors (Lipinski definition) is 1. The molecule has 0 radical (unpaired) electrons. The summed E-state index contributed by atoms with van der Waals surface area (Å²) < 4.78 is 0. The Morgan fingerprint density at radius 3 is 2.46 bits per heavy atom. The molecule has 5 nitrogen and oxygen atoms in total. The van der Waals surface area contributed by atoms with Crippen LogP contribution in [-0.4, -0.2) is 52.0 Å². The minimum Gasteiger partial charge on any atom is -0.465 e. The number of likely N-dealkylation sites (tertiary alicyclic amines) is 1. The van der Waals surface area contributed by atoms with Crippen molar-refractivity contribution in [2.75, 3.05) is 13.1 Å². The standard InChI is InChI=1S/C18H22ClN3O2/c19-13-6-4-12(5-7-13)17-15-8-10-21(18(23)24)11-9-16(15)22(20-17)14-2-1-3-14/h4-7,14-16H,1-3,8-11H2,(H,23,24). The molecule has 0 bridgehead atoms. The Labute approximate surface area is 146 Å². The highest BCUT2D eigenvalue weighted by Gasteiger charge is 2.43. The molecule has 1 aliphatic carbocycles. The van der Waals surface area contributed by atoms with Crippen molar-refractivity contribution in [2.24, 2.45) is 11.0 Å². The monoisotopic (exact) mass is 347 g/mol. The van der Waals surface area contributed by atoms with Gasteiger partial charge in [-0.05, 0) is 49.8 Å². The van der Waals surface area contributed by atoms with Gasteiger partial charge in [-0.2, -0.15) is 5.10 Å². The van der Waals surface area contributed by atoms with Gasteiger partial charge in [-0.25, -0.2) is 4.79 Å². The molecule has 0 spiro atoms. The average Bonchev–Trinajstić information content (AvgIpc) is 2.72. The molecule has 1 aromatic carbocycles. The molecule has 128 valence electrons. The highest BCUT2D eigenvalue weighted by atomic mass is 35.5. The van der Waals surface area contributed by atoms with E-state index in [1.54, 1.807) is 4.90 Å². The van der Waals surface area contributed by atoms with Crippen molar-refractivity contribution < 1.29 is 9.90 Å². The normalized spacial score (nSPS) is 27.3. The molecule has 1 saturated carbocycles. The number of carboxylic acid groups (broad SMARTS) is 1. The van der Waals surface area contributed by atoms with E-state index in [0.29, 0.717) is 31.1 Å². The van der Waals surface area contributed by atoms with Crippen LogP contribution >= 0.6 is 11.6 Å². The molecule has 1 amide bonds. The maximum Gasteiger partial charge on any atom is 0.407 e. The van der Waals surface area contributed by atoms with Gasteiger partial charge in [0, 0.05) is 30.1 Å². The Morgan fingerprint density at radius 1 is 1.12 bits per heavy atom. The van der Waals surface area contributed by atoms with Crippen LogP contribution in [0.15, 0.2) is 29.4 Å². The van der Waals surface area contributed by atoms with Crippen LogP contribution in [0.5, 0.6) is 0 Å². The molecule has 24 heavy (non-hydrogen) atoms. The van der Waals surface area contributed by atoms with Crippen molar-refractivity contribution >= 4 is 23.4 Å². The molecule has 2 fully saturated rings. The van der Waals surface area contributed by atoms with Gasteiger partial charge >= 0.3 is 6.09 Å². The Kier molecular flexibility index (Phi) is 4.12. The zero-order valence-corrected chi connectivity index (χ0v) is 14.3. The minimum atomic E-state index is -0.810. The summed E-state index contributed by atoms with van der Waals surface area (Å²) in [6.45, 7) is 1.19. The van der Waals surface area contributed by atoms with Crippen LogP contribution in [0.1, 0.15) is 37.7 Å². The van der Waals surface area contributed by atoms with E-state index in [9.17, 15) is 9.90 Å². The van der Waals surface area contributed by atoms with Gasteiger partial charge in [0.15, 0.2) is 0 Å². The largest absolute Gasteiger partial charge is 0.465 e. The van der Waals surface area contributed by atoms with Crippen molar-refractivity contribution in [2.45, 2.75) is 44.2 Å². The number of hydrazone groups is 1. The van der Waals surface area contributed by atoms with Gasteiger partial charge in [0.1, 0.15) is 0 Å². The van der Waals surface area contributed by atoms with E-state index < -0.39 is 6.09 Å². The summed E-state index contributed by atoms with van der Waals surface area (Å²) in [6, 6.07) is 8.72. The van der Waals surface area contributed by atoms with Gasteiger partial charge in [0.25, 0.3) is 0 Å². The summed E-state index contributed by atoms with van der Waals surface area (Å²) in [5.41, 5.74) is 2.22. The lowest BCUT2D eigenvalue weighted by Crippen LogP contribution is -2.43. The molecule has 3 aliphatic rings. The van der Waals surface area contributed by atoms with Gasteiger partial charge in [-0.1, -0.05) is 23.7 Å². The third-order valence-corrected chi connectivity index (χ3v) is 5.89. The number of amides is 1. The fourth-order valence-corrected chi connectivity index (χ4v) is 4.21. The first-order valence-corrected chi connectivity index (χ1v) is 9.12. The van der Waals surface area contributed by atoms with E-state index in [-0.39, 0.29) is 0 Å². The summed E-state index contributed by atoms with van der Waals surface area (Å²) in [7, 11) is 0. The number of hydrogen-bond acceptors (Lipinski definition) is 3. The van der Waals surface area contributed by atoms with E-state index >= 15 is 0 Å². The summed E-state index contributed by atoms with van der Waals surface area (Å²) in [6.07, 6.45) is 4.54. The van der Waals surface area contributed by atoms with Crippen LogP contribution in [-0.2, 0) is 0 Å². The van der Waals surface area contributed by atoms with Crippen molar-refractivity contribution in [1.29, 1.82) is 0 Å². The molecular weight excluding hydrogens is 326 g/mol. The Balaban J connectivity index is 1.64. The van der Waals surface area contributed by atoms with Crippen LogP contribution in [0.2, 0.25) is 5.02 Å². The number of halogens is 1. The molecule has 1 aromatic rings. The van der Waals surface area contributed by atoms with Crippen molar-refractivity contribution in [3.8, 4) is 0 Å². The summed E-state index contributed by atoms with van der Waals surface area (Å²) in [5, 5.41) is 17.4. The first-order valence-electron chi connectivity index (χ1n) is 8.74. The first-order chi connectivity index (χ1) is 11.6. The number of benzene rings is 1. The molecule has 2 aliphatic heterocycles. The Bertz CT molecular complexity index is 657. The third kappa shape index (κ3) is 2.75. The predicted octanol–water partition coefficient (Wildman–Crippen LogP) is 3.67. The van der Waals surface area contributed by atoms with E-state index in [1.807, 2.05) is 24.3 Å². The predicted molar refractivity (Wildman–Crippen MR) is 93.6 cm³/mol. The molecule has 6 heteroatoms. The SMILES string of the molecule is O=C(O)N1CCC2C(c3ccc(Cl)cc3)=NN(C3CCC3)C2CC1. The van der Waals surface area contributed by atoms with Crippen molar-refractivity contribution in [1.82, 2.24) is 9.91 Å². The molecule has 2 heterocycles. The summed E-state index contributed by atoms with van der Waals surface area (Å²) in [5.74, 6) is 0.302. The second kappa shape index (κ2) is 6.28. The average molecular weight is 348 g/mol. The lowest BCUT2D eigenvalue weighted by molar-refractivity contribution is 0.0798. The molecule has 2 unspecified atom stereocenters. The van der Waals surface area contributed by atoms with Crippen molar-refractivity contribution in [3.63, 3.8) is 0 Å². The molecule has 4 rings (SSSR count). The van der Waals surface area contributed by atoms with Crippen molar-refractivity contribution in [3.05, 3.63) is 34.9 Å². The highest BCUT2D eigenvalue weighted by Crippen LogP contribution is 2.38. The Hall–Kier alpha value is -1.75. The van der Waals surface area contributed by atoms with E-state index in [1.165, 1.54) is 19.3 Å². The van der Waals surface area contributed by atoms with Gasteiger partial charge in [-0.3, -0.25) is 5.01 Å². The lowest BCUT2D eigenvalue weighted by Gasteiger charge is -2.38. The van der Waals surface area contributed by atoms with Crippen LogP contribution in [0.25, 0.3) is 0 Å². The van der Waals surface area contributed by atoms with Crippen LogP contribution in [0, 0.1) is 5.92 Å². The number of rotatable bonds is 2. The molecule has 1 saturated heterocycles. The summed E-state index contributed by atoms with van der Waals surface area (Å²) in [4.78, 5) is 12.9.